The lowest BCUT2D eigenvalue weighted by Gasteiger charge is -2.36. The highest BCUT2D eigenvalue weighted by atomic mass is 32.2. The summed E-state index contributed by atoms with van der Waals surface area (Å²) in [5.41, 5.74) is 2.35. The topological polar surface area (TPSA) is 193 Å². The number of benzene rings is 5. The molecule has 2 heterocycles. The highest BCUT2D eigenvalue weighted by Gasteiger charge is 2.42. The number of aromatic nitrogens is 4. The predicted molar refractivity (Wildman–Crippen MR) is 239 cm³/mol. The molecule has 15 nitrogen and oxygen atoms in total. The number of methoxy groups -OCH3 is 2. The van der Waals surface area contributed by atoms with Crippen molar-refractivity contribution < 1.29 is 42.1 Å². The van der Waals surface area contributed by atoms with Gasteiger partial charge in [0.05, 0.1) is 37.2 Å². The van der Waals surface area contributed by atoms with Gasteiger partial charge in [-0.25, -0.2) is 22.9 Å². The molecule has 0 radical (unpaired) electrons. The zero-order chi connectivity index (χ0) is 44.4. The first kappa shape index (κ1) is 44.6. The number of ether oxygens (including phenoxy) is 4. The van der Waals surface area contributed by atoms with E-state index < -0.39 is 33.5 Å². The molecule has 0 saturated heterocycles. The third-order valence-corrected chi connectivity index (χ3v) is 13.7. The average molecular weight is 909 g/mol. The van der Waals surface area contributed by atoms with Gasteiger partial charge < -0.3 is 29.4 Å². The molecule has 0 aliphatic rings. The highest BCUT2D eigenvalue weighted by Crippen LogP contribution is 2.40. The molecular weight excluding hydrogens is 865 g/mol. The predicted octanol–water partition coefficient (Wildman–Crippen LogP) is 6.44. The van der Waals surface area contributed by atoms with Crippen LogP contribution in [-0.4, -0.2) is 78.0 Å². The van der Waals surface area contributed by atoms with Gasteiger partial charge >= 0.3 is 5.97 Å². The molecule has 326 valence electrons. The van der Waals surface area contributed by atoms with E-state index in [2.05, 4.69) is 25.3 Å². The Kier molecular flexibility index (Phi) is 14.3. The number of thioether (sulfide) groups is 1. The summed E-state index contributed by atoms with van der Waals surface area (Å²) in [6, 6.07) is 34.8. The quantitative estimate of drug-likeness (QED) is 0.0560. The van der Waals surface area contributed by atoms with Crippen LogP contribution < -0.4 is 24.2 Å². The monoisotopic (exact) mass is 908 g/mol. The second-order valence-corrected chi connectivity index (χ2v) is 18.0. The van der Waals surface area contributed by atoms with Crippen molar-refractivity contribution in [2.24, 2.45) is 0 Å². The molecule has 0 saturated carbocycles. The largest absolute Gasteiger partial charge is 0.508 e. The van der Waals surface area contributed by atoms with Crippen molar-refractivity contribution in [3.05, 3.63) is 155 Å². The third-order valence-electron chi connectivity index (χ3n) is 9.76. The van der Waals surface area contributed by atoms with Crippen molar-refractivity contribution in [3.63, 3.8) is 0 Å². The lowest BCUT2D eigenvalue weighted by atomic mass is 9.78. The molecular formula is C45H44N6O9S3. The van der Waals surface area contributed by atoms with Gasteiger partial charge in [0, 0.05) is 11.5 Å². The van der Waals surface area contributed by atoms with E-state index in [1.807, 2.05) is 60.7 Å². The fourth-order valence-corrected chi connectivity index (χ4v) is 10.4. The fraction of sp³-hybridized carbons (Fsp3) is 0.222. The second kappa shape index (κ2) is 20.1. The van der Waals surface area contributed by atoms with Crippen LogP contribution in [0, 0.1) is 0 Å². The van der Waals surface area contributed by atoms with E-state index in [-0.39, 0.29) is 35.6 Å². The van der Waals surface area contributed by atoms with Gasteiger partial charge in [0.1, 0.15) is 53.4 Å². The van der Waals surface area contributed by atoms with E-state index in [0.717, 1.165) is 16.9 Å². The number of aromatic hydroxyl groups is 1. The Balaban J connectivity index is 1.04. The molecule has 2 aromatic heterocycles. The number of hydrogen-bond donors (Lipinski definition) is 3. The summed E-state index contributed by atoms with van der Waals surface area (Å²) in [5.74, 6) is 1.58. The molecule has 1 amide bonds. The Labute approximate surface area is 372 Å². The Hall–Kier alpha value is -6.47. The van der Waals surface area contributed by atoms with Crippen LogP contribution in [0.1, 0.15) is 34.9 Å². The van der Waals surface area contributed by atoms with Crippen LogP contribution in [0.25, 0.3) is 10.2 Å². The van der Waals surface area contributed by atoms with Gasteiger partial charge in [-0.15, -0.1) is 16.4 Å². The number of thiazole rings is 1. The molecule has 3 N–H and O–H groups in total. The second-order valence-electron chi connectivity index (χ2n) is 14.0. The zero-order valence-corrected chi connectivity index (χ0v) is 36.9. The lowest BCUT2D eigenvalue weighted by Crippen LogP contribution is -2.47. The van der Waals surface area contributed by atoms with Crippen LogP contribution in [0.3, 0.4) is 0 Å². The standard InChI is InChI=1S/C45H44N6O9S3/c1-4-59-43(54)40(29-61-28-30-9-8-12-35(52)23-30)46-42(53)26-51-25-34(48-50-51)27-60-38-21-22-39-41(24-38)62-44(47-39)63(55,56)49-45(31-10-6-5-7-11-31,32-13-17-36(57-2)18-14-32)33-15-19-37(58-3)20-16-33/h5-25,40,49,52H,4,26-29H2,1-3H3,(H,46,53)/t40-/m1/s1. The van der Waals surface area contributed by atoms with Gasteiger partial charge in [0.15, 0.2) is 0 Å². The van der Waals surface area contributed by atoms with E-state index >= 15 is 0 Å². The van der Waals surface area contributed by atoms with E-state index in [9.17, 15) is 23.1 Å². The Morgan fingerprint density at radius 3 is 2.17 bits per heavy atom. The van der Waals surface area contributed by atoms with Crippen LogP contribution in [0.5, 0.6) is 23.0 Å². The van der Waals surface area contributed by atoms with Crippen molar-refractivity contribution in [1.29, 1.82) is 0 Å². The number of phenolic OH excluding ortho intramolecular Hbond substituents is 1. The van der Waals surface area contributed by atoms with Crippen LogP contribution in [0.15, 0.2) is 132 Å². The van der Waals surface area contributed by atoms with Crippen molar-refractivity contribution in [2.45, 2.75) is 41.7 Å². The zero-order valence-electron chi connectivity index (χ0n) is 34.5. The number of rotatable bonds is 20. The van der Waals surface area contributed by atoms with Crippen LogP contribution in [0.4, 0.5) is 0 Å². The normalized spacial score (nSPS) is 12.1. The first-order valence-corrected chi connectivity index (χ1v) is 23.1. The van der Waals surface area contributed by atoms with Crippen molar-refractivity contribution in [2.75, 3.05) is 26.6 Å². The van der Waals surface area contributed by atoms with Crippen molar-refractivity contribution >= 4 is 55.2 Å². The number of hydrogen-bond acceptors (Lipinski definition) is 14. The summed E-state index contributed by atoms with van der Waals surface area (Å²) < 4.78 is 56.0. The molecule has 0 unspecified atom stereocenters. The van der Waals surface area contributed by atoms with Crippen molar-refractivity contribution in [3.8, 4) is 23.0 Å². The first-order chi connectivity index (χ1) is 30.5. The smallest absolute Gasteiger partial charge is 0.329 e. The number of fused-ring (bicyclic) bond motifs is 1. The van der Waals surface area contributed by atoms with Crippen LogP contribution in [-0.2, 0) is 48.8 Å². The summed E-state index contributed by atoms with van der Waals surface area (Å²) >= 11 is 2.42. The minimum atomic E-state index is -4.30. The maximum Gasteiger partial charge on any atom is 0.329 e. The number of amides is 1. The molecule has 0 aliphatic carbocycles. The first-order valence-electron chi connectivity index (χ1n) is 19.6. The molecule has 0 bridgehead atoms. The molecule has 7 aromatic rings. The summed E-state index contributed by atoms with van der Waals surface area (Å²) in [6.07, 6.45) is 1.56. The molecule has 5 aromatic carbocycles. The number of nitrogens with one attached hydrogen (secondary N) is 2. The summed E-state index contributed by atoms with van der Waals surface area (Å²) in [5, 5.41) is 20.6. The Bertz CT molecular complexity index is 2720. The maximum atomic E-state index is 14.6. The van der Waals surface area contributed by atoms with E-state index in [1.165, 1.54) is 16.4 Å². The third kappa shape index (κ3) is 10.8. The van der Waals surface area contributed by atoms with Crippen LogP contribution >= 0.6 is 23.1 Å². The average Bonchev–Trinajstić information content (AvgIpc) is 3.95. The van der Waals surface area contributed by atoms with Crippen LogP contribution in [0.2, 0.25) is 0 Å². The number of phenols is 1. The number of nitrogens with zero attached hydrogens (tertiary/aromatic N) is 4. The van der Waals surface area contributed by atoms with Gasteiger partial charge in [-0.05, 0) is 83.8 Å². The van der Waals surface area contributed by atoms with Gasteiger partial charge in [0.2, 0.25) is 10.2 Å². The lowest BCUT2D eigenvalue weighted by molar-refractivity contribution is -0.146. The molecule has 7 rings (SSSR count). The molecule has 63 heavy (non-hydrogen) atoms. The number of carbonyl (C=O) groups is 2. The minimum absolute atomic E-state index is 0.000903. The molecule has 1 atom stereocenters. The van der Waals surface area contributed by atoms with E-state index in [1.54, 1.807) is 88.0 Å². The number of esters is 1. The van der Waals surface area contributed by atoms with Gasteiger partial charge in [-0.1, -0.05) is 71.9 Å². The highest BCUT2D eigenvalue weighted by molar-refractivity contribution is 7.98. The molecule has 18 heteroatoms. The van der Waals surface area contributed by atoms with Gasteiger partial charge in [0.25, 0.3) is 10.0 Å². The summed E-state index contributed by atoms with van der Waals surface area (Å²) in [4.78, 5) is 30.2. The summed E-state index contributed by atoms with van der Waals surface area (Å²) in [6.45, 7) is 1.64. The Morgan fingerprint density at radius 1 is 0.857 bits per heavy atom. The Morgan fingerprint density at radius 2 is 1.52 bits per heavy atom. The fourth-order valence-electron chi connectivity index (χ4n) is 6.76. The molecule has 0 fully saturated rings. The van der Waals surface area contributed by atoms with Gasteiger partial charge in [-0.2, -0.15) is 16.5 Å². The van der Waals surface area contributed by atoms with Crippen molar-refractivity contribution in [1.82, 2.24) is 30.0 Å². The SMILES string of the molecule is CCOC(=O)[C@@H](CSCc1cccc(O)c1)NC(=O)Cn1cc(COc2ccc3nc(S(=O)(=O)NC(c4ccccc4)(c4ccc(OC)cc4)c4ccc(OC)cc4)sc3c2)nn1. The van der Waals surface area contributed by atoms with E-state index in [4.69, 9.17) is 18.9 Å². The van der Waals surface area contributed by atoms with Gasteiger partial charge in [-0.3, -0.25) is 4.79 Å². The molecule has 0 spiro atoms. The number of carbonyl (C=O) groups excluding carboxylic acids is 2. The van der Waals surface area contributed by atoms with E-state index in [0.29, 0.717) is 55.6 Å². The maximum absolute atomic E-state index is 14.6. The number of sulfonamides is 1. The minimum Gasteiger partial charge on any atom is -0.508 e. The summed E-state index contributed by atoms with van der Waals surface area (Å²) in [7, 11) is -1.16. The molecule has 0 aliphatic heterocycles.